The van der Waals surface area contributed by atoms with E-state index in [2.05, 4.69) is 354 Å². The van der Waals surface area contributed by atoms with Crippen LogP contribution in [0.5, 0.6) is 0 Å². The van der Waals surface area contributed by atoms with E-state index in [9.17, 15) is 0 Å². The number of aromatic nitrogens is 3. The standard InChI is InChI=1S/C88H58BN5/c1-7-25-59(26-8-1)67-49-68(60-27-9-2-10-28-60)52-73(51-67)93-83-41-23-20-38-77(83)89-78-39-21-24-42-84(78)94(74-53-69(61-29-11-3-12-30-61)50-70(54-74)62-31-13-4-14-32-62)86-57-71(56-85(93)87(86)89)66-45-48-82-76(55-66)75-37-19-22-40-81(75)92(82)72-46-43-65(44-47-72)88-90-79(63-33-15-5-16-34-63)58-80(91-88)64-35-17-6-18-36-64/h1-58H. The van der Waals surface area contributed by atoms with Crippen LogP contribution >= 0.6 is 0 Å². The molecule has 0 aliphatic carbocycles. The highest BCUT2D eigenvalue weighted by Gasteiger charge is 2.44. The van der Waals surface area contributed by atoms with Gasteiger partial charge in [-0.25, -0.2) is 9.97 Å². The first-order valence-corrected chi connectivity index (χ1v) is 32.2. The third kappa shape index (κ3) is 9.50. The van der Waals surface area contributed by atoms with Gasteiger partial charge in [-0.1, -0.05) is 243 Å². The molecule has 0 atom stereocenters. The molecule has 0 bridgehead atoms. The Hall–Kier alpha value is -12.4. The van der Waals surface area contributed by atoms with Crippen molar-refractivity contribution in [3.63, 3.8) is 0 Å². The Morgan fingerprint density at radius 2 is 0.596 bits per heavy atom. The number of benzene rings is 14. The largest absolute Gasteiger partial charge is 0.311 e. The summed E-state index contributed by atoms with van der Waals surface area (Å²) in [6.45, 7) is -0.0760. The molecule has 94 heavy (non-hydrogen) atoms. The van der Waals surface area contributed by atoms with Crippen molar-refractivity contribution in [1.29, 1.82) is 0 Å². The molecule has 18 rings (SSSR count). The van der Waals surface area contributed by atoms with Gasteiger partial charge >= 0.3 is 0 Å². The fourth-order valence-corrected chi connectivity index (χ4v) is 14.6. The molecule has 0 saturated carbocycles. The minimum Gasteiger partial charge on any atom is -0.311 e. The van der Waals surface area contributed by atoms with Gasteiger partial charge in [0.25, 0.3) is 6.71 Å². The van der Waals surface area contributed by atoms with Crippen LogP contribution in [0.2, 0.25) is 0 Å². The molecule has 16 aromatic rings. The molecule has 5 nitrogen and oxygen atoms in total. The van der Waals surface area contributed by atoms with Crippen LogP contribution in [0.1, 0.15) is 0 Å². The predicted octanol–water partition coefficient (Wildman–Crippen LogP) is 21.0. The van der Waals surface area contributed by atoms with Crippen molar-refractivity contribution in [2.24, 2.45) is 0 Å². The van der Waals surface area contributed by atoms with Gasteiger partial charge in [0, 0.05) is 67.3 Å². The lowest BCUT2D eigenvalue weighted by Gasteiger charge is -2.44. The van der Waals surface area contributed by atoms with Gasteiger partial charge in [-0.2, -0.15) is 0 Å². The van der Waals surface area contributed by atoms with Crippen molar-refractivity contribution in [2.45, 2.75) is 0 Å². The van der Waals surface area contributed by atoms with Crippen LogP contribution in [0.3, 0.4) is 0 Å². The summed E-state index contributed by atoms with van der Waals surface area (Å²) in [6.07, 6.45) is 0. The fourth-order valence-electron chi connectivity index (χ4n) is 14.6. The molecule has 438 valence electrons. The van der Waals surface area contributed by atoms with Crippen molar-refractivity contribution in [3.8, 4) is 95.2 Å². The second kappa shape index (κ2) is 22.8. The Balaban J connectivity index is 0.855. The van der Waals surface area contributed by atoms with Crippen LogP contribution in [0, 0.1) is 0 Å². The first kappa shape index (κ1) is 54.5. The van der Waals surface area contributed by atoms with E-state index in [-0.39, 0.29) is 6.71 Å². The van der Waals surface area contributed by atoms with Crippen LogP contribution in [-0.4, -0.2) is 21.2 Å². The number of para-hydroxylation sites is 3. The highest BCUT2D eigenvalue weighted by atomic mass is 15.2. The Bertz CT molecular complexity index is 5170. The minimum absolute atomic E-state index is 0.0760. The Morgan fingerprint density at radius 3 is 1.05 bits per heavy atom. The number of nitrogens with zero attached hydrogens (tertiary/aromatic N) is 5. The predicted molar refractivity (Wildman–Crippen MR) is 394 cm³/mol. The maximum atomic E-state index is 5.18. The highest BCUT2D eigenvalue weighted by Crippen LogP contribution is 2.49. The number of anilines is 6. The summed E-state index contributed by atoms with van der Waals surface area (Å²) in [5.74, 6) is 0.680. The van der Waals surface area contributed by atoms with E-state index >= 15 is 0 Å². The molecular formula is C88H58BN5. The van der Waals surface area contributed by atoms with Crippen molar-refractivity contribution in [3.05, 3.63) is 352 Å². The van der Waals surface area contributed by atoms with Gasteiger partial charge < -0.3 is 14.4 Å². The third-order valence-corrected chi connectivity index (χ3v) is 18.9. The Morgan fingerprint density at radius 1 is 0.223 bits per heavy atom. The normalized spacial score (nSPS) is 12.2. The summed E-state index contributed by atoms with van der Waals surface area (Å²) in [6, 6.07) is 128. The van der Waals surface area contributed by atoms with Gasteiger partial charge in [-0.3, -0.25) is 0 Å². The molecule has 0 N–H and O–H groups in total. The summed E-state index contributed by atoms with van der Waals surface area (Å²) >= 11 is 0. The van der Waals surface area contributed by atoms with Gasteiger partial charge in [0.05, 0.1) is 22.4 Å². The topological polar surface area (TPSA) is 37.2 Å². The van der Waals surface area contributed by atoms with Crippen molar-refractivity contribution >= 4 is 79.0 Å². The van der Waals surface area contributed by atoms with Gasteiger partial charge in [0.2, 0.25) is 0 Å². The monoisotopic (exact) mass is 1200 g/mol. The smallest absolute Gasteiger partial charge is 0.252 e. The molecule has 2 aliphatic rings. The van der Waals surface area contributed by atoms with Crippen molar-refractivity contribution in [2.75, 3.05) is 9.80 Å². The molecule has 0 radical (unpaired) electrons. The van der Waals surface area contributed by atoms with Crippen molar-refractivity contribution in [1.82, 2.24) is 14.5 Å². The van der Waals surface area contributed by atoms with Crippen LogP contribution in [0.4, 0.5) is 34.1 Å². The first-order valence-electron chi connectivity index (χ1n) is 32.2. The van der Waals surface area contributed by atoms with E-state index in [1.165, 1.54) is 27.2 Å². The lowest BCUT2D eigenvalue weighted by atomic mass is 9.33. The summed E-state index contributed by atoms with van der Waals surface area (Å²) in [5, 5.41) is 2.35. The first-order chi connectivity index (χ1) is 46.6. The van der Waals surface area contributed by atoms with E-state index in [0.29, 0.717) is 5.82 Å². The zero-order valence-corrected chi connectivity index (χ0v) is 51.3. The van der Waals surface area contributed by atoms with E-state index in [4.69, 9.17) is 9.97 Å². The zero-order chi connectivity index (χ0) is 62.1. The van der Waals surface area contributed by atoms with Gasteiger partial charge in [-0.05, 0) is 181 Å². The molecule has 4 heterocycles. The highest BCUT2D eigenvalue weighted by molar-refractivity contribution is 7.00. The molecule has 14 aromatic carbocycles. The molecule has 0 saturated heterocycles. The summed E-state index contributed by atoms with van der Waals surface area (Å²) < 4.78 is 2.40. The summed E-state index contributed by atoms with van der Waals surface area (Å²) in [5.41, 5.74) is 30.2. The fraction of sp³-hybridized carbons (Fsp3) is 0. The molecule has 6 heteroatoms. The summed E-state index contributed by atoms with van der Waals surface area (Å²) in [7, 11) is 0. The number of hydrogen-bond acceptors (Lipinski definition) is 4. The van der Waals surface area contributed by atoms with Gasteiger partial charge in [0.1, 0.15) is 0 Å². The molecule has 0 spiro atoms. The van der Waals surface area contributed by atoms with Gasteiger partial charge in [0.15, 0.2) is 5.82 Å². The molecule has 2 aliphatic heterocycles. The summed E-state index contributed by atoms with van der Waals surface area (Å²) in [4.78, 5) is 15.5. The second-order valence-corrected chi connectivity index (χ2v) is 24.5. The quantitative estimate of drug-likeness (QED) is 0.121. The lowest BCUT2D eigenvalue weighted by Crippen LogP contribution is -2.61. The van der Waals surface area contributed by atoms with E-state index in [1.807, 2.05) is 12.1 Å². The second-order valence-electron chi connectivity index (χ2n) is 24.5. The number of hydrogen-bond donors (Lipinski definition) is 0. The van der Waals surface area contributed by atoms with E-state index in [1.54, 1.807) is 0 Å². The van der Waals surface area contributed by atoms with E-state index < -0.39 is 0 Å². The SMILES string of the molecule is c1ccc(-c2cc(-c3ccccc3)cc(N3c4ccccc4B4c5ccccc5N(c5cc(-c6ccccc6)cc(-c6ccccc6)c5)c5cc(-c6ccc7c(c6)c6ccccc6n7-c6ccc(-c7nc(-c8ccccc8)cc(-c8ccccc8)n7)cc6)cc3c54)c2)cc1. The molecule has 2 aromatic heterocycles. The average Bonchev–Trinajstić information content (AvgIpc) is 0.808. The zero-order valence-electron chi connectivity index (χ0n) is 51.3. The third-order valence-electron chi connectivity index (χ3n) is 18.9. The van der Waals surface area contributed by atoms with Crippen LogP contribution < -0.4 is 26.2 Å². The Labute approximate surface area is 547 Å². The Kier molecular flexibility index (Phi) is 13.3. The molecule has 0 amide bonds. The molecular weight excluding hydrogens is 1140 g/mol. The van der Waals surface area contributed by atoms with Gasteiger partial charge in [-0.15, -0.1) is 0 Å². The number of rotatable bonds is 11. The van der Waals surface area contributed by atoms with Crippen LogP contribution in [-0.2, 0) is 0 Å². The van der Waals surface area contributed by atoms with Crippen molar-refractivity contribution < 1.29 is 0 Å². The van der Waals surface area contributed by atoms with Crippen LogP contribution in [0.25, 0.3) is 117 Å². The number of fused-ring (bicyclic) bond motifs is 7. The van der Waals surface area contributed by atoms with E-state index in [0.717, 1.165) is 135 Å². The van der Waals surface area contributed by atoms with Crippen LogP contribution in [0.15, 0.2) is 352 Å². The lowest BCUT2D eigenvalue weighted by molar-refractivity contribution is 1.16. The maximum Gasteiger partial charge on any atom is 0.252 e. The molecule has 0 fully saturated rings. The molecule has 0 unspecified atom stereocenters. The maximum absolute atomic E-state index is 5.18. The average molecular weight is 1200 g/mol. The minimum atomic E-state index is -0.0760.